The third-order valence-corrected chi connectivity index (χ3v) is 4.22. The second-order valence-corrected chi connectivity index (χ2v) is 5.84. The average Bonchev–Trinajstić information content (AvgIpc) is 2.62. The SMILES string of the molecule is CCC(C)c1ccccc1NC(=O)NCCc1ccccc1OC. The largest absolute Gasteiger partial charge is 0.496 e. The lowest BCUT2D eigenvalue weighted by atomic mass is 9.97. The molecule has 2 rings (SSSR count). The van der Waals surface area contributed by atoms with E-state index in [0.29, 0.717) is 12.5 Å². The number of nitrogens with one attached hydrogen (secondary N) is 2. The van der Waals surface area contributed by atoms with E-state index >= 15 is 0 Å². The molecule has 0 radical (unpaired) electrons. The summed E-state index contributed by atoms with van der Waals surface area (Å²) in [7, 11) is 1.66. The minimum absolute atomic E-state index is 0.180. The summed E-state index contributed by atoms with van der Waals surface area (Å²) in [6.45, 7) is 4.87. The smallest absolute Gasteiger partial charge is 0.319 e. The fraction of sp³-hybridized carbons (Fsp3) is 0.350. The van der Waals surface area contributed by atoms with Crippen LogP contribution in [-0.2, 0) is 6.42 Å². The standard InChI is InChI=1S/C20H26N2O2/c1-4-15(2)17-10-6-7-11-18(17)22-20(23)21-14-13-16-9-5-8-12-19(16)24-3/h5-12,15H,4,13-14H2,1-3H3,(H2,21,22,23). The van der Waals surface area contributed by atoms with E-state index in [9.17, 15) is 4.79 Å². The molecule has 0 aromatic heterocycles. The first kappa shape index (κ1) is 17.9. The Kier molecular flexibility index (Phi) is 6.67. The van der Waals surface area contributed by atoms with Gasteiger partial charge in [-0.05, 0) is 42.0 Å². The van der Waals surface area contributed by atoms with Gasteiger partial charge in [-0.1, -0.05) is 50.2 Å². The van der Waals surface area contributed by atoms with Crippen LogP contribution in [0.15, 0.2) is 48.5 Å². The number of hydrogen-bond donors (Lipinski definition) is 2. The van der Waals surface area contributed by atoms with Crippen LogP contribution in [0.4, 0.5) is 10.5 Å². The Morgan fingerprint density at radius 2 is 1.83 bits per heavy atom. The molecule has 0 saturated carbocycles. The maximum atomic E-state index is 12.2. The summed E-state index contributed by atoms with van der Waals surface area (Å²) in [5.74, 6) is 1.26. The van der Waals surface area contributed by atoms with Crippen molar-refractivity contribution < 1.29 is 9.53 Å². The van der Waals surface area contributed by atoms with Crippen LogP contribution in [-0.4, -0.2) is 19.7 Å². The van der Waals surface area contributed by atoms with Crippen molar-refractivity contribution >= 4 is 11.7 Å². The number of rotatable bonds is 7. The first-order valence-electron chi connectivity index (χ1n) is 8.41. The van der Waals surface area contributed by atoms with E-state index in [1.165, 1.54) is 5.56 Å². The number of carbonyl (C=O) groups is 1. The number of ether oxygens (including phenoxy) is 1. The maximum absolute atomic E-state index is 12.2. The highest BCUT2D eigenvalue weighted by Gasteiger charge is 2.10. The van der Waals surface area contributed by atoms with Crippen molar-refractivity contribution in [3.63, 3.8) is 0 Å². The quantitative estimate of drug-likeness (QED) is 0.783. The molecule has 0 bridgehead atoms. The lowest BCUT2D eigenvalue weighted by molar-refractivity contribution is 0.252. The van der Waals surface area contributed by atoms with Crippen LogP contribution in [0.3, 0.4) is 0 Å². The third-order valence-electron chi connectivity index (χ3n) is 4.22. The van der Waals surface area contributed by atoms with E-state index < -0.39 is 0 Å². The highest BCUT2D eigenvalue weighted by molar-refractivity contribution is 5.90. The van der Waals surface area contributed by atoms with E-state index in [2.05, 4.69) is 30.5 Å². The zero-order chi connectivity index (χ0) is 17.4. The molecule has 1 atom stereocenters. The molecule has 2 N–H and O–H groups in total. The molecule has 4 nitrogen and oxygen atoms in total. The number of benzene rings is 2. The van der Waals surface area contributed by atoms with Gasteiger partial charge in [0.1, 0.15) is 5.75 Å². The first-order chi connectivity index (χ1) is 11.7. The minimum Gasteiger partial charge on any atom is -0.496 e. The summed E-state index contributed by atoms with van der Waals surface area (Å²) in [5.41, 5.74) is 3.13. The fourth-order valence-electron chi connectivity index (χ4n) is 2.65. The molecule has 24 heavy (non-hydrogen) atoms. The normalized spacial score (nSPS) is 11.6. The molecule has 2 aromatic carbocycles. The Morgan fingerprint density at radius 3 is 2.58 bits per heavy atom. The number of para-hydroxylation sites is 2. The van der Waals surface area contributed by atoms with Gasteiger partial charge in [-0.2, -0.15) is 0 Å². The summed E-state index contributed by atoms with van der Waals surface area (Å²) in [4.78, 5) is 12.2. The zero-order valence-corrected chi connectivity index (χ0v) is 14.6. The molecular weight excluding hydrogens is 300 g/mol. The summed E-state index contributed by atoms with van der Waals surface area (Å²) < 4.78 is 5.32. The van der Waals surface area contributed by atoms with Gasteiger partial charge < -0.3 is 15.4 Å². The van der Waals surface area contributed by atoms with Crippen LogP contribution in [0.1, 0.15) is 37.3 Å². The minimum atomic E-state index is -0.180. The van der Waals surface area contributed by atoms with Gasteiger partial charge in [0.15, 0.2) is 0 Å². The highest BCUT2D eigenvalue weighted by Crippen LogP contribution is 2.26. The van der Waals surface area contributed by atoms with Crippen LogP contribution >= 0.6 is 0 Å². The average molecular weight is 326 g/mol. The summed E-state index contributed by atoms with van der Waals surface area (Å²) in [6.07, 6.45) is 1.76. The van der Waals surface area contributed by atoms with E-state index in [1.807, 2.05) is 42.5 Å². The summed E-state index contributed by atoms with van der Waals surface area (Å²) in [6, 6.07) is 15.6. The number of amides is 2. The van der Waals surface area contributed by atoms with Gasteiger partial charge in [-0.3, -0.25) is 0 Å². The number of methoxy groups -OCH3 is 1. The van der Waals surface area contributed by atoms with Crippen molar-refractivity contribution in [2.24, 2.45) is 0 Å². The van der Waals surface area contributed by atoms with Crippen LogP contribution < -0.4 is 15.4 Å². The Bertz CT molecular complexity index is 670. The molecular formula is C20H26N2O2. The lowest BCUT2D eigenvalue weighted by Crippen LogP contribution is -2.31. The number of urea groups is 1. The molecule has 0 aliphatic carbocycles. The Balaban J connectivity index is 1.90. The molecule has 0 saturated heterocycles. The Hall–Kier alpha value is -2.49. The van der Waals surface area contributed by atoms with Gasteiger partial charge >= 0.3 is 6.03 Å². The van der Waals surface area contributed by atoms with Gasteiger partial charge in [0, 0.05) is 12.2 Å². The number of hydrogen-bond acceptors (Lipinski definition) is 2. The van der Waals surface area contributed by atoms with Crippen molar-refractivity contribution in [1.82, 2.24) is 5.32 Å². The van der Waals surface area contributed by atoms with Crippen molar-refractivity contribution in [2.45, 2.75) is 32.6 Å². The summed E-state index contributed by atoms with van der Waals surface area (Å²) >= 11 is 0. The fourth-order valence-corrected chi connectivity index (χ4v) is 2.65. The third kappa shape index (κ3) is 4.75. The molecule has 4 heteroatoms. The Labute approximate surface area is 144 Å². The van der Waals surface area contributed by atoms with Crippen molar-refractivity contribution in [3.8, 4) is 5.75 Å². The van der Waals surface area contributed by atoms with Crippen LogP contribution in [0.25, 0.3) is 0 Å². The second-order valence-electron chi connectivity index (χ2n) is 5.84. The molecule has 2 aromatic rings. The van der Waals surface area contributed by atoms with Gasteiger partial charge in [0.05, 0.1) is 7.11 Å². The van der Waals surface area contributed by atoms with Crippen LogP contribution in [0.2, 0.25) is 0 Å². The molecule has 128 valence electrons. The van der Waals surface area contributed by atoms with E-state index in [1.54, 1.807) is 7.11 Å². The molecule has 1 unspecified atom stereocenters. The van der Waals surface area contributed by atoms with Crippen LogP contribution in [0.5, 0.6) is 5.75 Å². The monoisotopic (exact) mass is 326 g/mol. The molecule has 2 amide bonds. The van der Waals surface area contributed by atoms with Gasteiger partial charge in [0.2, 0.25) is 0 Å². The van der Waals surface area contributed by atoms with E-state index in [-0.39, 0.29) is 6.03 Å². The highest BCUT2D eigenvalue weighted by atomic mass is 16.5. The molecule has 0 aliphatic rings. The van der Waals surface area contributed by atoms with E-state index in [0.717, 1.165) is 29.8 Å². The van der Waals surface area contributed by atoms with Crippen LogP contribution in [0, 0.1) is 0 Å². The predicted molar refractivity (Wildman–Crippen MR) is 98.9 cm³/mol. The van der Waals surface area contributed by atoms with Gasteiger partial charge in [0.25, 0.3) is 0 Å². The van der Waals surface area contributed by atoms with E-state index in [4.69, 9.17) is 4.74 Å². The Morgan fingerprint density at radius 1 is 1.12 bits per heavy atom. The number of anilines is 1. The zero-order valence-electron chi connectivity index (χ0n) is 14.6. The second kappa shape index (κ2) is 8.96. The summed E-state index contributed by atoms with van der Waals surface area (Å²) in [5, 5.41) is 5.87. The predicted octanol–water partition coefficient (Wildman–Crippen LogP) is 4.57. The molecule has 0 spiro atoms. The molecule has 0 aliphatic heterocycles. The molecule has 0 heterocycles. The van der Waals surface area contributed by atoms with Gasteiger partial charge in [-0.15, -0.1) is 0 Å². The van der Waals surface area contributed by atoms with Crippen molar-refractivity contribution in [1.29, 1.82) is 0 Å². The lowest BCUT2D eigenvalue weighted by Gasteiger charge is -2.16. The number of carbonyl (C=O) groups excluding carboxylic acids is 1. The van der Waals surface area contributed by atoms with Crippen molar-refractivity contribution in [3.05, 3.63) is 59.7 Å². The van der Waals surface area contributed by atoms with Gasteiger partial charge in [-0.25, -0.2) is 4.79 Å². The maximum Gasteiger partial charge on any atom is 0.319 e. The topological polar surface area (TPSA) is 50.4 Å². The van der Waals surface area contributed by atoms with Crippen molar-refractivity contribution in [2.75, 3.05) is 19.0 Å². The molecule has 0 fully saturated rings. The first-order valence-corrected chi connectivity index (χ1v) is 8.41.